The van der Waals surface area contributed by atoms with Gasteiger partial charge in [0.25, 0.3) is 0 Å². The first-order chi connectivity index (χ1) is 12.6. The highest BCUT2D eigenvalue weighted by molar-refractivity contribution is 5.92. The second-order valence-electron chi connectivity index (χ2n) is 6.05. The van der Waals surface area contributed by atoms with E-state index in [1.165, 1.54) is 5.56 Å². The van der Waals surface area contributed by atoms with Gasteiger partial charge in [-0.15, -0.1) is 0 Å². The monoisotopic (exact) mass is 350 g/mol. The van der Waals surface area contributed by atoms with E-state index in [1.807, 2.05) is 48.5 Å². The van der Waals surface area contributed by atoms with Gasteiger partial charge < -0.3 is 15.2 Å². The Labute approximate surface area is 152 Å². The summed E-state index contributed by atoms with van der Waals surface area (Å²) in [5.74, 6) is 0.273. The van der Waals surface area contributed by atoms with Crippen LogP contribution in [-0.2, 0) is 29.0 Å². The van der Waals surface area contributed by atoms with Gasteiger partial charge in [0.05, 0.1) is 17.5 Å². The fourth-order valence-corrected chi connectivity index (χ4v) is 2.84. The standard InChI is InChI=1S/C20H22N4O2/c1-3-14-8-10-15(11-9-14)22-20(26)13-24-17-7-5-4-6-16(17)23-18(24)12-19(25)21-2/h4-11H,3,12-13H2,1-2H3,(H,21,25)(H,22,26). The summed E-state index contributed by atoms with van der Waals surface area (Å²) in [7, 11) is 1.59. The number of carbonyl (C=O) groups is 2. The zero-order valence-electron chi connectivity index (χ0n) is 15.0. The maximum absolute atomic E-state index is 12.5. The van der Waals surface area contributed by atoms with Gasteiger partial charge in [-0.1, -0.05) is 31.2 Å². The lowest BCUT2D eigenvalue weighted by Crippen LogP contribution is -2.24. The molecule has 0 aliphatic carbocycles. The molecule has 0 aliphatic heterocycles. The van der Waals surface area contributed by atoms with Crippen molar-refractivity contribution in [3.63, 3.8) is 0 Å². The molecule has 6 nitrogen and oxygen atoms in total. The highest BCUT2D eigenvalue weighted by Crippen LogP contribution is 2.17. The van der Waals surface area contributed by atoms with Gasteiger partial charge >= 0.3 is 0 Å². The molecule has 2 amide bonds. The number of nitrogens with zero attached hydrogens (tertiary/aromatic N) is 2. The largest absolute Gasteiger partial charge is 0.359 e. The smallest absolute Gasteiger partial charge is 0.244 e. The van der Waals surface area contributed by atoms with E-state index in [-0.39, 0.29) is 24.8 Å². The van der Waals surface area contributed by atoms with Crippen LogP contribution in [0.1, 0.15) is 18.3 Å². The van der Waals surface area contributed by atoms with E-state index in [1.54, 1.807) is 11.6 Å². The van der Waals surface area contributed by atoms with E-state index < -0.39 is 0 Å². The van der Waals surface area contributed by atoms with Crippen LogP contribution >= 0.6 is 0 Å². The molecule has 3 rings (SSSR count). The number of rotatable bonds is 6. The maximum Gasteiger partial charge on any atom is 0.244 e. The molecule has 3 aromatic rings. The Kier molecular flexibility index (Phi) is 5.31. The van der Waals surface area contributed by atoms with Gasteiger partial charge in [0.15, 0.2) is 0 Å². The number of anilines is 1. The molecule has 134 valence electrons. The molecule has 0 unspecified atom stereocenters. The molecule has 0 saturated carbocycles. The second kappa shape index (κ2) is 7.82. The molecule has 0 saturated heterocycles. The number of carbonyl (C=O) groups excluding carboxylic acids is 2. The van der Waals surface area contributed by atoms with Crippen molar-refractivity contribution in [2.75, 3.05) is 12.4 Å². The number of likely N-dealkylation sites (N-methyl/N-ethyl adjacent to an activating group) is 1. The summed E-state index contributed by atoms with van der Waals surface area (Å²) in [6.07, 6.45) is 1.09. The highest BCUT2D eigenvalue weighted by Gasteiger charge is 2.15. The van der Waals surface area contributed by atoms with E-state index in [4.69, 9.17) is 0 Å². The normalized spacial score (nSPS) is 10.7. The topological polar surface area (TPSA) is 76.0 Å². The van der Waals surface area contributed by atoms with Gasteiger partial charge in [0.2, 0.25) is 11.8 Å². The summed E-state index contributed by atoms with van der Waals surface area (Å²) in [4.78, 5) is 28.8. The third-order valence-corrected chi connectivity index (χ3v) is 4.28. The SMILES string of the molecule is CCc1ccc(NC(=O)Cn2c(CC(=O)NC)nc3ccccc32)cc1. The van der Waals surface area contributed by atoms with Gasteiger partial charge in [-0.05, 0) is 36.2 Å². The Hall–Kier alpha value is -3.15. The van der Waals surface area contributed by atoms with E-state index in [0.29, 0.717) is 5.82 Å². The maximum atomic E-state index is 12.5. The van der Waals surface area contributed by atoms with E-state index in [0.717, 1.165) is 23.1 Å². The Morgan fingerprint density at radius 1 is 1.04 bits per heavy atom. The molecule has 1 aromatic heterocycles. The molecule has 1 heterocycles. The molecule has 0 atom stereocenters. The summed E-state index contributed by atoms with van der Waals surface area (Å²) in [5, 5.41) is 5.50. The van der Waals surface area contributed by atoms with Gasteiger partial charge in [0, 0.05) is 12.7 Å². The number of nitrogens with one attached hydrogen (secondary N) is 2. The number of fused-ring (bicyclic) bond motifs is 1. The molecule has 26 heavy (non-hydrogen) atoms. The first-order valence-electron chi connectivity index (χ1n) is 8.64. The number of benzene rings is 2. The molecule has 6 heteroatoms. The average Bonchev–Trinajstić information content (AvgIpc) is 2.99. The number of aromatic nitrogens is 2. The zero-order chi connectivity index (χ0) is 18.5. The molecule has 0 bridgehead atoms. The van der Waals surface area contributed by atoms with Crippen LogP contribution in [0.25, 0.3) is 11.0 Å². The molecular weight excluding hydrogens is 328 g/mol. The third-order valence-electron chi connectivity index (χ3n) is 4.28. The highest BCUT2D eigenvalue weighted by atomic mass is 16.2. The van der Waals surface area contributed by atoms with Crippen LogP contribution in [-0.4, -0.2) is 28.4 Å². The van der Waals surface area contributed by atoms with Crippen molar-refractivity contribution in [2.24, 2.45) is 0 Å². The minimum atomic E-state index is -0.157. The molecule has 2 N–H and O–H groups in total. The van der Waals surface area contributed by atoms with Gasteiger partial charge in [-0.2, -0.15) is 0 Å². The van der Waals surface area contributed by atoms with Crippen molar-refractivity contribution in [3.05, 3.63) is 59.9 Å². The van der Waals surface area contributed by atoms with Crippen molar-refractivity contribution < 1.29 is 9.59 Å². The van der Waals surface area contributed by atoms with E-state index in [9.17, 15) is 9.59 Å². The third kappa shape index (κ3) is 3.91. The first-order valence-corrected chi connectivity index (χ1v) is 8.64. The van der Waals surface area contributed by atoms with Crippen molar-refractivity contribution >= 4 is 28.5 Å². The Morgan fingerprint density at radius 3 is 2.46 bits per heavy atom. The Bertz CT molecular complexity index is 929. The van der Waals surface area contributed by atoms with E-state index in [2.05, 4.69) is 22.5 Å². The van der Waals surface area contributed by atoms with Crippen LogP contribution < -0.4 is 10.6 Å². The lowest BCUT2D eigenvalue weighted by atomic mass is 10.1. The molecule has 0 radical (unpaired) electrons. The predicted octanol–water partition coefficient (Wildman–Crippen LogP) is 2.53. The first kappa shape index (κ1) is 17.7. The Morgan fingerprint density at radius 2 is 1.77 bits per heavy atom. The number of imidazole rings is 1. The summed E-state index contributed by atoms with van der Waals surface area (Å²) in [6, 6.07) is 15.4. The minimum Gasteiger partial charge on any atom is -0.359 e. The molecule has 0 fully saturated rings. The van der Waals surface area contributed by atoms with Crippen LogP contribution in [0.5, 0.6) is 0 Å². The van der Waals surface area contributed by atoms with Crippen molar-refractivity contribution in [1.82, 2.24) is 14.9 Å². The zero-order valence-corrected chi connectivity index (χ0v) is 15.0. The molecule has 0 aliphatic rings. The molecule has 0 spiro atoms. The van der Waals surface area contributed by atoms with Crippen LogP contribution in [0.15, 0.2) is 48.5 Å². The number of hydrogen-bond acceptors (Lipinski definition) is 3. The summed E-state index contributed by atoms with van der Waals surface area (Å²) in [6.45, 7) is 2.19. The van der Waals surface area contributed by atoms with Crippen LogP contribution in [0, 0.1) is 0 Å². The Balaban J connectivity index is 1.82. The fraction of sp³-hybridized carbons (Fsp3) is 0.250. The number of aryl methyl sites for hydroxylation is 1. The quantitative estimate of drug-likeness (QED) is 0.717. The number of amides is 2. The number of hydrogen-bond donors (Lipinski definition) is 2. The molecule has 2 aromatic carbocycles. The van der Waals surface area contributed by atoms with Crippen molar-refractivity contribution in [1.29, 1.82) is 0 Å². The lowest BCUT2D eigenvalue weighted by Gasteiger charge is -2.10. The van der Waals surface area contributed by atoms with Crippen LogP contribution in [0.4, 0.5) is 5.69 Å². The minimum absolute atomic E-state index is 0.0996. The lowest BCUT2D eigenvalue weighted by molar-refractivity contribution is -0.120. The van der Waals surface area contributed by atoms with Gasteiger partial charge in [-0.3, -0.25) is 9.59 Å². The summed E-state index contributed by atoms with van der Waals surface area (Å²) in [5.41, 5.74) is 3.58. The second-order valence-corrected chi connectivity index (χ2v) is 6.05. The van der Waals surface area contributed by atoms with Crippen LogP contribution in [0.3, 0.4) is 0 Å². The van der Waals surface area contributed by atoms with Crippen molar-refractivity contribution in [3.8, 4) is 0 Å². The van der Waals surface area contributed by atoms with Crippen LogP contribution in [0.2, 0.25) is 0 Å². The predicted molar refractivity (Wildman–Crippen MR) is 102 cm³/mol. The average molecular weight is 350 g/mol. The summed E-state index contributed by atoms with van der Waals surface area (Å²) < 4.78 is 1.79. The number of para-hydroxylation sites is 2. The van der Waals surface area contributed by atoms with E-state index >= 15 is 0 Å². The summed E-state index contributed by atoms with van der Waals surface area (Å²) >= 11 is 0. The van der Waals surface area contributed by atoms with Gasteiger partial charge in [-0.25, -0.2) is 4.98 Å². The fourth-order valence-electron chi connectivity index (χ4n) is 2.84. The van der Waals surface area contributed by atoms with Crippen molar-refractivity contribution in [2.45, 2.75) is 26.3 Å². The molecular formula is C20H22N4O2. The van der Waals surface area contributed by atoms with Gasteiger partial charge in [0.1, 0.15) is 12.4 Å².